The van der Waals surface area contributed by atoms with Gasteiger partial charge in [-0.05, 0) is 51.0 Å². The van der Waals surface area contributed by atoms with E-state index >= 15 is 0 Å². The van der Waals surface area contributed by atoms with Gasteiger partial charge in [-0.3, -0.25) is 14.2 Å². The second-order valence-electron chi connectivity index (χ2n) is 18.8. The smallest absolute Gasteiger partial charge is 0.306 e. The predicted octanol–water partition coefficient (Wildman–Crippen LogP) is 14.9. The van der Waals surface area contributed by atoms with Crippen molar-refractivity contribution in [1.29, 1.82) is 0 Å². The highest BCUT2D eigenvalue weighted by Crippen LogP contribution is 2.38. The van der Waals surface area contributed by atoms with E-state index in [1.165, 1.54) is 103 Å². The Bertz CT molecular complexity index is 1410. The quantitative estimate of drug-likeness (QED) is 0.0161. The van der Waals surface area contributed by atoms with E-state index in [4.69, 9.17) is 13.8 Å². The van der Waals surface area contributed by atoms with Gasteiger partial charge >= 0.3 is 5.97 Å². The Hall–Kier alpha value is -2.81. The fourth-order valence-electron chi connectivity index (χ4n) is 7.14. The van der Waals surface area contributed by atoms with Crippen molar-refractivity contribution in [2.45, 2.75) is 219 Å². The predicted molar refractivity (Wildman–Crippen MR) is 279 cm³/mol. The normalized spacial score (nSPS) is 14.6. The van der Waals surface area contributed by atoms with Crippen molar-refractivity contribution in [3.63, 3.8) is 0 Å². The molecule has 1 N–H and O–H groups in total. The molecule has 3 atom stereocenters. The fourth-order valence-corrected chi connectivity index (χ4v) is 7.86. The summed E-state index contributed by atoms with van der Waals surface area (Å²) in [7, 11) is 1.15. The van der Waals surface area contributed by atoms with Crippen LogP contribution in [0, 0.1) is 0 Å². The summed E-state index contributed by atoms with van der Waals surface area (Å²) in [5.74, 6) is -0.598. The standard InChI is InChI=1S/C56H99N2O7P/c1-7-10-13-16-19-22-25-27-28-29-30-31-34-37-40-43-46-49-56(60)65-54(47-44-41-38-35-33-26-23-20-17-14-11-8-2)53(52-64-66(61,62)63-51-50-58(4,5)6)57-55(59)48-45-42-39-36-32-24-21-18-15-12-9-3/h10,13,16,19,22,25,27-31,34,44,47,53-54H,7-9,11-12,14-15,17-18,20-21,23-24,26,32-33,35-43,45-46,48-52H2,1-6H3,(H-,57,59,61,62)/b13-10-,19-16+,25-22+,28-27-,30-29+,34-31+,47-44+. The molecule has 0 aliphatic rings. The monoisotopic (exact) mass is 943 g/mol. The van der Waals surface area contributed by atoms with Gasteiger partial charge in [-0.25, -0.2) is 0 Å². The van der Waals surface area contributed by atoms with E-state index in [1.807, 2.05) is 94.1 Å². The van der Waals surface area contributed by atoms with Crippen molar-refractivity contribution in [1.82, 2.24) is 5.32 Å². The number of nitrogens with one attached hydrogen (secondary N) is 1. The molecule has 0 radical (unpaired) electrons. The van der Waals surface area contributed by atoms with Crippen molar-refractivity contribution in [3.8, 4) is 0 Å². The number of hydrogen-bond donors (Lipinski definition) is 1. The first-order valence-electron chi connectivity index (χ1n) is 26.5. The first kappa shape index (κ1) is 63.2. The molecule has 0 saturated carbocycles. The van der Waals surface area contributed by atoms with Crippen LogP contribution in [0.1, 0.15) is 207 Å². The molecule has 380 valence electrons. The highest BCUT2D eigenvalue weighted by Gasteiger charge is 2.27. The largest absolute Gasteiger partial charge is 0.756 e. The number of esters is 1. The first-order chi connectivity index (χ1) is 31.9. The second-order valence-corrected chi connectivity index (χ2v) is 20.2. The van der Waals surface area contributed by atoms with Gasteiger partial charge in [0.25, 0.3) is 7.82 Å². The summed E-state index contributed by atoms with van der Waals surface area (Å²) in [5, 5.41) is 2.99. The molecule has 66 heavy (non-hydrogen) atoms. The van der Waals surface area contributed by atoms with Crippen LogP contribution < -0.4 is 10.2 Å². The lowest BCUT2D eigenvalue weighted by molar-refractivity contribution is -0.870. The number of unbranched alkanes of at least 4 members (excludes halogenated alkanes) is 23. The van der Waals surface area contributed by atoms with Gasteiger partial charge in [0.05, 0.1) is 33.8 Å². The highest BCUT2D eigenvalue weighted by molar-refractivity contribution is 7.45. The molecule has 10 heteroatoms. The lowest BCUT2D eigenvalue weighted by Gasteiger charge is -2.30. The summed E-state index contributed by atoms with van der Waals surface area (Å²) in [6.45, 7) is 6.63. The molecule has 9 nitrogen and oxygen atoms in total. The molecule has 0 heterocycles. The third kappa shape index (κ3) is 46.3. The Labute approximate surface area is 406 Å². The van der Waals surface area contributed by atoms with E-state index in [0.29, 0.717) is 23.9 Å². The number of carbonyl (C=O) groups is 2. The van der Waals surface area contributed by atoms with Crippen molar-refractivity contribution in [2.75, 3.05) is 40.9 Å². The average Bonchev–Trinajstić information content (AvgIpc) is 3.27. The number of quaternary nitrogens is 1. The van der Waals surface area contributed by atoms with Crippen LogP contribution in [-0.2, 0) is 27.9 Å². The number of hydrogen-bond acceptors (Lipinski definition) is 7. The molecule has 0 aromatic heterocycles. The number of allylic oxidation sites excluding steroid dienone is 13. The zero-order valence-electron chi connectivity index (χ0n) is 43.1. The molecular formula is C56H99N2O7P. The number of phosphoric acid groups is 1. The summed E-state index contributed by atoms with van der Waals surface area (Å²) < 4.78 is 30.1. The van der Waals surface area contributed by atoms with E-state index in [0.717, 1.165) is 64.2 Å². The van der Waals surface area contributed by atoms with Gasteiger partial charge in [0.1, 0.15) is 19.3 Å². The molecule has 0 spiro atoms. The molecule has 0 aromatic carbocycles. The molecule has 3 unspecified atom stereocenters. The Morgan fingerprint density at radius 3 is 1.47 bits per heavy atom. The number of ether oxygens (including phenoxy) is 1. The molecule has 0 saturated heterocycles. The van der Waals surface area contributed by atoms with Gasteiger partial charge in [-0.15, -0.1) is 0 Å². The summed E-state index contributed by atoms with van der Waals surface area (Å²) in [5.41, 5.74) is 0. The topological polar surface area (TPSA) is 114 Å². The SMILES string of the molecule is CC\C=C/C=C/C=C/C=C\C=C\C=C\CCCCCC(=O)OC(/C=C/CCCCCCCCCCCC)C(COP(=O)([O-])OCC[N+](C)(C)C)NC(=O)CCCCCCCCCCCCC. The maximum atomic E-state index is 13.4. The summed E-state index contributed by atoms with van der Waals surface area (Å²) in [6, 6.07) is -0.906. The molecular weight excluding hydrogens is 844 g/mol. The third-order valence-corrected chi connectivity index (χ3v) is 12.2. The minimum atomic E-state index is -4.70. The molecule has 0 aliphatic carbocycles. The van der Waals surface area contributed by atoms with E-state index in [2.05, 4.69) is 38.2 Å². The van der Waals surface area contributed by atoms with E-state index < -0.39 is 26.6 Å². The van der Waals surface area contributed by atoms with E-state index in [-0.39, 0.29) is 24.9 Å². The van der Waals surface area contributed by atoms with E-state index in [1.54, 1.807) is 0 Å². The highest BCUT2D eigenvalue weighted by atomic mass is 31.2. The number of rotatable bonds is 46. The molecule has 1 amide bonds. The number of likely N-dealkylation sites (N-methyl/N-ethyl adjacent to an activating group) is 1. The molecule has 0 aromatic rings. The summed E-state index contributed by atoms with van der Waals surface area (Å²) >= 11 is 0. The van der Waals surface area contributed by atoms with Gasteiger partial charge < -0.3 is 28.5 Å². The summed E-state index contributed by atoms with van der Waals surface area (Å²) in [6.07, 6.45) is 58.3. The lowest BCUT2D eigenvalue weighted by atomic mass is 10.0. The number of carbonyl (C=O) groups excluding carboxylic acids is 2. The van der Waals surface area contributed by atoms with Gasteiger partial charge in [0.2, 0.25) is 5.91 Å². The number of nitrogens with zero attached hydrogens (tertiary/aromatic N) is 1. The van der Waals surface area contributed by atoms with Crippen molar-refractivity contribution >= 4 is 19.7 Å². The van der Waals surface area contributed by atoms with E-state index in [9.17, 15) is 19.0 Å². The van der Waals surface area contributed by atoms with Crippen LogP contribution >= 0.6 is 7.82 Å². The van der Waals surface area contributed by atoms with Crippen LogP contribution in [0.2, 0.25) is 0 Å². The molecule has 0 rings (SSSR count). The Morgan fingerprint density at radius 1 is 0.545 bits per heavy atom. The van der Waals surface area contributed by atoms with Crippen molar-refractivity contribution in [3.05, 3.63) is 85.1 Å². The number of phosphoric ester groups is 1. The maximum Gasteiger partial charge on any atom is 0.306 e. The van der Waals surface area contributed by atoms with Gasteiger partial charge in [-0.1, -0.05) is 228 Å². The second kappa shape index (κ2) is 45.9. The van der Waals surface area contributed by atoms with Crippen LogP contribution in [0.3, 0.4) is 0 Å². The zero-order valence-corrected chi connectivity index (χ0v) is 44.0. The zero-order chi connectivity index (χ0) is 48.7. The Balaban J connectivity index is 5.51. The fraction of sp³-hybridized carbons (Fsp3) is 0.714. The maximum absolute atomic E-state index is 13.4. The van der Waals surface area contributed by atoms with Crippen LogP contribution in [0.15, 0.2) is 85.1 Å². The summed E-state index contributed by atoms with van der Waals surface area (Å²) in [4.78, 5) is 39.7. The molecule has 0 bridgehead atoms. The van der Waals surface area contributed by atoms with Gasteiger partial charge in [0.15, 0.2) is 0 Å². The Morgan fingerprint density at radius 2 is 0.970 bits per heavy atom. The molecule has 0 fully saturated rings. The van der Waals surface area contributed by atoms with Gasteiger partial charge in [-0.2, -0.15) is 0 Å². The Kier molecular flexibility index (Phi) is 44.0. The third-order valence-electron chi connectivity index (χ3n) is 11.3. The molecule has 0 aliphatic heterocycles. The number of amides is 1. The van der Waals surface area contributed by atoms with Crippen LogP contribution in [0.5, 0.6) is 0 Å². The van der Waals surface area contributed by atoms with Gasteiger partial charge in [0, 0.05) is 12.8 Å². The van der Waals surface area contributed by atoms with Crippen LogP contribution in [0.25, 0.3) is 0 Å². The van der Waals surface area contributed by atoms with Crippen LogP contribution in [-0.4, -0.2) is 69.4 Å². The van der Waals surface area contributed by atoms with Crippen LogP contribution in [0.4, 0.5) is 0 Å². The van der Waals surface area contributed by atoms with Crippen molar-refractivity contribution < 1.29 is 37.3 Å². The first-order valence-corrected chi connectivity index (χ1v) is 27.9. The minimum absolute atomic E-state index is 0.0328. The lowest BCUT2D eigenvalue weighted by Crippen LogP contribution is -2.47. The average molecular weight is 943 g/mol. The van der Waals surface area contributed by atoms with Crippen molar-refractivity contribution in [2.24, 2.45) is 0 Å². The minimum Gasteiger partial charge on any atom is -0.756 e.